The molecular formula is C21H28N6O. The monoisotopic (exact) mass is 380 g/mol. The van der Waals surface area contributed by atoms with E-state index in [1.165, 1.54) is 11.1 Å². The van der Waals surface area contributed by atoms with Crippen molar-refractivity contribution in [2.75, 3.05) is 13.1 Å². The Hall–Kier alpha value is -3.09. The molecule has 1 aromatic carbocycles. The first kappa shape index (κ1) is 19.7. The van der Waals surface area contributed by atoms with Crippen molar-refractivity contribution in [3.63, 3.8) is 0 Å². The van der Waals surface area contributed by atoms with Crippen LogP contribution in [0.3, 0.4) is 0 Å². The van der Waals surface area contributed by atoms with Gasteiger partial charge in [0.2, 0.25) is 5.82 Å². The number of hydrogen-bond acceptors (Lipinski definition) is 4. The Morgan fingerprint density at radius 3 is 2.71 bits per heavy atom. The molecule has 3 aromatic rings. The van der Waals surface area contributed by atoms with E-state index < -0.39 is 0 Å². The van der Waals surface area contributed by atoms with Crippen molar-refractivity contribution in [1.82, 2.24) is 25.8 Å². The lowest BCUT2D eigenvalue weighted by Gasteiger charge is -2.12. The minimum atomic E-state index is 0.578. The molecule has 148 valence electrons. The highest BCUT2D eigenvalue weighted by atomic mass is 16.3. The molecule has 0 spiro atoms. The summed E-state index contributed by atoms with van der Waals surface area (Å²) in [7, 11) is 0. The molecule has 0 aliphatic rings. The summed E-state index contributed by atoms with van der Waals surface area (Å²) in [5.74, 6) is 2.87. The summed E-state index contributed by atoms with van der Waals surface area (Å²) in [6, 6.07) is 12.1. The molecule has 0 amide bonds. The maximum absolute atomic E-state index is 5.32. The number of aromatic amines is 1. The van der Waals surface area contributed by atoms with E-state index in [1.54, 1.807) is 6.26 Å². The van der Waals surface area contributed by atoms with Crippen LogP contribution >= 0.6 is 0 Å². The van der Waals surface area contributed by atoms with Crippen LogP contribution < -0.4 is 10.6 Å². The fraction of sp³-hybridized carbons (Fsp3) is 0.381. The van der Waals surface area contributed by atoms with Crippen LogP contribution in [0.1, 0.15) is 36.7 Å². The first-order valence-electron chi connectivity index (χ1n) is 9.77. The Kier molecular flexibility index (Phi) is 7.23. The van der Waals surface area contributed by atoms with E-state index in [4.69, 9.17) is 9.41 Å². The highest BCUT2D eigenvalue weighted by Crippen LogP contribution is 2.14. The van der Waals surface area contributed by atoms with E-state index in [-0.39, 0.29) is 0 Å². The zero-order valence-corrected chi connectivity index (χ0v) is 16.5. The highest BCUT2D eigenvalue weighted by Gasteiger charge is 2.08. The van der Waals surface area contributed by atoms with E-state index in [1.807, 2.05) is 12.1 Å². The van der Waals surface area contributed by atoms with Gasteiger partial charge < -0.3 is 15.1 Å². The van der Waals surface area contributed by atoms with Gasteiger partial charge in [0, 0.05) is 19.5 Å². The minimum Gasteiger partial charge on any atom is -0.461 e. The smallest absolute Gasteiger partial charge is 0.216 e. The molecule has 0 fully saturated rings. The van der Waals surface area contributed by atoms with Gasteiger partial charge in [0.15, 0.2) is 11.7 Å². The van der Waals surface area contributed by atoms with Crippen LogP contribution in [0, 0.1) is 6.92 Å². The molecule has 7 heteroatoms. The maximum Gasteiger partial charge on any atom is 0.216 e. The molecule has 0 bridgehead atoms. The lowest BCUT2D eigenvalue weighted by atomic mass is 10.1. The molecule has 3 N–H and O–H groups in total. The third-order valence-electron chi connectivity index (χ3n) is 4.29. The van der Waals surface area contributed by atoms with Crippen LogP contribution in [0.2, 0.25) is 0 Å². The number of aliphatic imine (C=N–C) groups is 1. The summed E-state index contributed by atoms with van der Waals surface area (Å²) in [6.45, 7) is 6.53. The van der Waals surface area contributed by atoms with Crippen LogP contribution in [0.25, 0.3) is 11.6 Å². The average Bonchev–Trinajstić information content (AvgIpc) is 3.39. The lowest BCUT2D eigenvalue weighted by molar-refractivity contribution is 0.577. The Morgan fingerprint density at radius 2 is 1.96 bits per heavy atom. The van der Waals surface area contributed by atoms with Crippen molar-refractivity contribution >= 4 is 5.96 Å². The molecule has 2 aromatic heterocycles. The number of hydrogen-bond donors (Lipinski definition) is 3. The number of nitrogens with one attached hydrogen (secondary N) is 3. The first-order valence-corrected chi connectivity index (χ1v) is 9.77. The summed E-state index contributed by atoms with van der Waals surface area (Å²) >= 11 is 0. The summed E-state index contributed by atoms with van der Waals surface area (Å²) in [4.78, 5) is 9.17. The molecule has 0 aliphatic heterocycles. The molecule has 2 heterocycles. The number of aryl methyl sites for hydroxylation is 1. The SMILES string of the molecule is CCCCNC(=NCc1ccc(C)cc1)NCCc1nc(-c2ccco2)n[nH]1. The molecule has 0 saturated carbocycles. The van der Waals surface area contributed by atoms with Gasteiger partial charge in [0.1, 0.15) is 5.82 Å². The summed E-state index contributed by atoms with van der Waals surface area (Å²) in [6.07, 6.45) is 4.59. The van der Waals surface area contributed by atoms with Gasteiger partial charge in [0.25, 0.3) is 0 Å². The summed E-state index contributed by atoms with van der Waals surface area (Å²) in [5.41, 5.74) is 2.45. The van der Waals surface area contributed by atoms with Gasteiger partial charge in [-0.15, -0.1) is 0 Å². The van der Waals surface area contributed by atoms with Gasteiger partial charge in [-0.25, -0.2) is 9.98 Å². The largest absolute Gasteiger partial charge is 0.461 e. The van der Waals surface area contributed by atoms with Gasteiger partial charge in [0.05, 0.1) is 12.8 Å². The third-order valence-corrected chi connectivity index (χ3v) is 4.29. The Morgan fingerprint density at radius 1 is 1.14 bits per heavy atom. The predicted octanol–water partition coefficient (Wildman–Crippen LogP) is 3.45. The second-order valence-electron chi connectivity index (χ2n) is 6.69. The number of unbranched alkanes of at least 4 members (excludes halogenated alkanes) is 1. The quantitative estimate of drug-likeness (QED) is 0.300. The second kappa shape index (κ2) is 10.3. The standard InChI is InChI=1S/C21H28N6O/c1-3-4-12-22-21(24-15-17-9-7-16(2)8-10-17)23-13-11-19-25-20(27-26-19)18-6-5-14-28-18/h5-10,14H,3-4,11-13,15H2,1-2H3,(H2,22,23,24)(H,25,26,27). The van der Waals surface area contributed by atoms with E-state index in [0.717, 1.165) is 31.2 Å². The molecular weight excluding hydrogens is 352 g/mol. The molecule has 0 atom stereocenters. The van der Waals surface area contributed by atoms with Crippen LogP contribution in [0.15, 0.2) is 52.1 Å². The van der Waals surface area contributed by atoms with Crippen molar-refractivity contribution in [1.29, 1.82) is 0 Å². The number of aromatic nitrogens is 3. The van der Waals surface area contributed by atoms with Crippen molar-refractivity contribution in [3.05, 3.63) is 59.6 Å². The molecule has 7 nitrogen and oxygen atoms in total. The van der Waals surface area contributed by atoms with Crippen LogP contribution in [0.4, 0.5) is 0 Å². The topological polar surface area (TPSA) is 91.1 Å². The molecule has 0 saturated heterocycles. The second-order valence-corrected chi connectivity index (χ2v) is 6.69. The summed E-state index contributed by atoms with van der Waals surface area (Å²) < 4.78 is 5.32. The van der Waals surface area contributed by atoms with Crippen molar-refractivity contribution in [2.24, 2.45) is 4.99 Å². The molecule has 28 heavy (non-hydrogen) atoms. The fourth-order valence-electron chi connectivity index (χ4n) is 2.64. The number of furan rings is 1. The first-order chi connectivity index (χ1) is 13.7. The van der Waals surface area contributed by atoms with Gasteiger partial charge >= 0.3 is 0 Å². The van der Waals surface area contributed by atoms with Gasteiger partial charge in [-0.05, 0) is 31.0 Å². The molecule has 0 unspecified atom stereocenters. The fourth-order valence-corrected chi connectivity index (χ4v) is 2.64. The Labute approximate surface area is 165 Å². The number of H-pyrrole nitrogens is 1. The maximum atomic E-state index is 5.32. The zero-order chi connectivity index (χ0) is 19.6. The van der Waals surface area contributed by atoms with Gasteiger partial charge in [-0.2, -0.15) is 5.10 Å². The van der Waals surface area contributed by atoms with Gasteiger partial charge in [-0.1, -0.05) is 43.2 Å². The normalized spacial score (nSPS) is 11.6. The minimum absolute atomic E-state index is 0.578. The van der Waals surface area contributed by atoms with Crippen LogP contribution in [-0.2, 0) is 13.0 Å². The van der Waals surface area contributed by atoms with E-state index in [0.29, 0.717) is 31.1 Å². The van der Waals surface area contributed by atoms with Crippen molar-refractivity contribution in [3.8, 4) is 11.6 Å². The Bertz CT molecular complexity index is 851. The number of benzene rings is 1. The van der Waals surface area contributed by atoms with Crippen LogP contribution in [0.5, 0.6) is 0 Å². The number of nitrogens with zero attached hydrogens (tertiary/aromatic N) is 3. The Balaban J connectivity index is 1.53. The molecule has 3 rings (SSSR count). The predicted molar refractivity (Wildman–Crippen MR) is 111 cm³/mol. The average molecular weight is 380 g/mol. The van der Waals surface area contributed by atoms with Gasteiger partial charge in [-0.3, -0.25) is 5.10 Å². The zero-order valence-electron chi connectivity index (χ0n) is 16.5. The molecule has 0 aliphatic carbocycles. The van der Waals surface area contributed by atoms with E-state index >= 15 is 0 Å². The third kappa shape index (κ3) is 5.97. The van der Waals surface area contributed by atoms with E-state index in [2.05, 4.69) is 63.9 Å². The highest BCUT2D eigenvalue weighted by molar-refractivity contribution is 5.79. The van der Waals surface area contributed by atoms with E-state index in [9.17, 15) is 0 Å². The van der Waals surface area contributed by atoms with Crippen molar-refractivity contribution in [2.45, 2.75) is 39.7 Å². The van der Waals surface area contributed by atoms with Crippen molar-refractivity contribution < 1.29 is 4.42 Å². The number of guanidine groups is 1. The summed E-state index contributed by atoms with van der Waals surface area (Å²) in [5, 5.41) is 13.9. The number of rotatable bonds is 9. The van der Waals surface area contributed by atoms with Crippen LogP contribution in [-0.4, -0.2) is 34.2 Å². The molecule has 0 radical (unpaired) electrons. The lowest BCUT2D eigenvalue weighted by Crippen LogP contribution is -2.39.